The Bertz CT molecular complexity index is 1350. The number of hydrogen-bond donors (Lipinski definition) is 1. The SMILES string of the molecule is Cc1[nH]c2nc(C=C3CCN(c4ccccc4)CC3)nn2c(=O)c1Cc1cccc(Cl)c1. The van der Waals surface area contributed by atoms with Crippen LogP contribution in [0.2, 0.25) is 5.02 Å². The number of nitrogens with one attached hydrogen (secondary N) is 1. The summed E-state index contributed by atoms with van der Waals surface area (Å²) >= 11 is 6.10. The lowest BCUT2D eigenvalue weighted by atomic mass is 10.0. The zero-order valence-electron chi connectivity index (χ0n) is 17.9. The van der Waals surface area contributed by atoms with E-state index in [0.717, 1.165) is 37.2 Å². The minimum Gasteiger partial charge on any atom is -0.371 e. The van der Waals surface area contributed by atoms with Gasteiger partial charge in [-0.05, 0) is 55.7 Å². The van der Waals surface area contributed by atoms with E-state index in [1.807, 2.05) is 43.3 Å². The molecule has 3 heterocycles. The van der Waals surface area contributed by atoms with Gasteiger partial charge in [0, 0.05) is 41.5 Å². The molecule has 6 nitrogen and oxygen atoms in total. The normalized spacial score (nSPS) is 14.2. The van der Waals surface area contributed by atoms with E-state index in [9.17, 15) is 4.79 Å². The van der Waals surface area contributed by atoms with Gasteiger partial charge in [-0.1, -0.05) is 47.5 Å². The molecule has 1 aliphatic rings. The molecule has 0 amide bonds. The van der Waals surface area contributed by atoms with Gasteiger partial charge in [0.1, 0.15) is 0 Å². The van der Waals surface area contributed by atoms with Crippen LogP contribution >= 0.6 is 11.6 Å². The molecule has 2 aromatic heterocycles. The second-order valence-corrected chi connectivity index (χ2v) is 8.61. The Morgan fingerprint density at radius 3 is 2.62 bits per heavy atom. The Hall–Kier alpha value is -3.38. The number of hydrogen-bond acceptors (Lipinski definition) is 4. The number of benzene rings is 2. The number of anilines is 1. The number of halogens is 1. The fraction of sp³-hybridized carbons (Fsp3) is 0.240. The van der Waals surface area contributed by atoms with Gasteiger partial charge in [0.25, 0.3) is 5.56 Å². The van der Waals surface area contributed by atoms with Crippen molar-refractivity contribution in [3.63, 3.8) is 0 Å². The summed E-state index contributed by atoms with van der Waals surface area (Å²) in [6.45, 7) is 3.82. The summed E-state index contributed by atoms with van der Waals surface area (Å²) in [6.07, 6.45) is 4.42. The van der Waals surface area contributed by atoms with Gasteiger partial charge in [-0.2, -0.15) is 9.50 Å². The molecule has 0 spiro atoms. The van der Waals surface area contributed by atoms with Crippen LogP contribution in [0.25, 0.3) is 11.9 Å². The number of piperidine rings is 1. The number of aromatic nitrogens is 4. The Morgan fingerprint density at radius 1 is 1.09 bits per heavy atom. The van der Waals surface area contributed by atoms with Crippen molar-refractivity contribution >= 4 is 29.1 Å². The number of H-pyrrole nitrogens is 1. The summed E-state index contributed by atoms with van der Waals surface area (Å²) in [5, 5.41) is 5.15. The third kappa shape index (κ3) is 4.18. The summed E-state index contributed by atoms with van der Waals surface area (Å²) in [5.74, 6) is 1.04. The van der Waals surface area contributed by atoms with Gasteiger partial charge in [0.15, 0.2) is 5.82 Å². The standard InChI is InChI=1S/C25H24ClN5O/c1-17-22(15-19-6-5-7-20(26)14-19)24(32)31-25(27-17)28-23(29-31)16-18-10-12-30(13-11-18)21-8-3-2-4-9-21/h2-9,14,16H,10-13,15H2,1H3,(H,27,28,29). The highest BCUT2D eigenvalue weighted by Crippen LogP contribution is 2.23. The maximum atomic E-state index is 13.1. The zero-order valence-corrected chi connectivity index (χ0v) is 18.6. The number of aromatic amines is 1. The lowest BCUT2D eigenvalue weighted by molar-refractivity contribution is 0.688. The summed E-state index contributed by atoms with van der Waals surface area (Å²) < 4.78 is 1.37. The van der Waals surface area contributed by atoms with Gasteiger partial charge in [0.2, 0.25) is 5.78 Å². The predicted molar refractivity (Wildman–Crippen MR) is 128 cm³/mol. The van der Waals surface area contributed by atoms with Crippen LogP contribution in [0.3, 0.4) is 0 Å². The summed E-state index contributed by atoms with van der Waals surface area (Å²) in [5.41, 5.74) is 4.86. The van der Waals surface area contributed by atoms with Gasteiger partial charge in [-0.25, -0.2) is 0 Å². The predicted octanol–water partition coefficient (Wildman–Crippen LogP) is 4.65. The molecule has 1 aliphatic heterocycles. The molecule has 32 heavy (non-hydrogen) atoms. The Balaban J connectivity index is 1.38. The molecule has 0 unspecified atom stereocenters. The van der Waals surface area contributed by atoms with Crippen molar-refractivity contribution in [1.29, 1.82) is 0 Å². The van der Waals surface area contributed by atoms with E-state index < -0.39 is 0 Å². The minimum absolute atomic E-state index is 0.146. The fourth-order valence-corrected chi connectivity index (χ4v) is 4.43. The number of aryl methyl sites for hydroxylation is 1. The number of rotatable bonds is 4. The van der Waals surface area contributed by atoms with Gasteiger partial charge < -0.3 is 9.88 Å². The van der Waals surface area contributed by atoms with Gasteiger partial charge >= 0.3 is 0 Å². The molecule has 2 aromatic carbocycles. The first-order valence-corrected chi connectivity index (χ1v) is 11.2. The fourth-order valence-electron chi connectivity index (χ4n) is 4.22. The molecule has 5 rings (SSSR count). The highest BCUT2D eigenvalue weighted by molar-refractivity contribution is 6.30. The second kappa shape index (κ2) is 8.63. The first-order chi connectivity index (χ1) is 15.6. The molecule has 0 aliphatic carbocycles. The molecule has 7 heteroatoms. The van der Waals surface area contributed by atoms with Gasteiger partial charge in [-0.3, -0.25) is 4.79 Å². The van der Waals surface area contributed by atoms with E-state index in [1.165, 1.54) is 15.8 Å². The molecule has 0 saturated carbocycles. The van der Waals surface area contributed by atoms with Crippen LogP contribution in [0.4, 0.5) is 5.69 Å². The van der Waals surface area contributed by atoms with Gasteiger partial charge in [0.05, 0.1) is 0 Å². The Kier molecular flexibility index (Phi) is 5.53. The number of para-hydroxylation sites is 1. The third-order valence-corrected chi connectivity index (χ3v) is 6.19. The van der Waals surface area contributed by atoms with Crippen LogP contribution in [0.15, 0.2) is 65.0 Å². The van der Waals surface area contributed by atoms with Crippen LogP contribution in [-0.2, 0) is 6.42 Å². The highest BCUT2D eigenvalue weighted by atomic mass is 35.5. The number of nitrogens with zero attached hydrogens (tertiary/aromatic N) is 4. The molecule has 1 N–H and O–H groups in total. The average molecular weight is 446 g/mol. The smallest absolute Gasteiger partial charge is 0.279 e. The number of fused-ring (bicyclic) bond motifs is 1. The summed E-state index contributed by atoms with van der Waals surface area (Å²) in [4.78, 5) is 23.3. The highest BCUT2D eigenvalue weighted by Gasteiger charge is 2.17. The van der Waals surface area contributed by atoms with Crippen molar-refractivity contribution in [2.45, 2.75) is 26.2 Å². The van der Waals surface area contributed by atoms with Crippen LogP contribution < -0.4 is 10.5 Å². The van der Waals surface area contributed by atoms with E-state index in [1.54, 1.807) is 0 Å². The topological polar surface area (TPSA) is 66.3 Å². The van der Waals surface area contributed by atoms with E-state index in [2.05, 4.69) is 44.2 Å². The molecule has 4 aromatic rings. The zero-order chi connectivity index (χ0) is 22.1. The monoisotopic (exact) mass is 445 g/mol. The van der Waals surface area contributed by atoms with E-state index in [4.69, 9.17) is 11.6 Å². The average Bonchev–Trinajstić information content (AvgIpc) is 3.20. The molecule has 162 valence electrons. The van der Waals surface area contributed by atoms with Crippen molar-refractivity contribution in [3.05, 3.63) is 98.2 Å². The van der Waals surface area contributed by atoms with Crippen molar-refractivity contribution in [2.24, 2.45) is 0 Å². The minimum atomic E-state index is -0.146. The molecule has 0 bridgehead atoms. The lowest BCUT2D eigenvalue weighted by Crippen LogP contribution is -2.30. The van der Waals surface area contributed by atoms with Crippen LogP contribution in [0.5, 0.6) is 0 Å². The van der Waals surface area contributed by atoms with Crippen LogP contribution in [0, 0.1) is 6.92 Å². The van der Waals surface area contributed by atoms with E-state index in [-0.39, 0.29) is 5.56 Å². The Morgan fingerprint density at radius 2 is 1.88 bits per heavy atom. The van der Waals surface area contributed by atoms with Crippen molar-refractivity contribution in [2.75, 3.05) is 18.0 Å². The van der Waals surface area contributed by atoms with E-state index >= 15 is 0 Å². The molecule has 1 fully saturated rings. The molecule has 0 atom stereocenters. The van der Waals surface area contributed by atoms with Crippen molar-refractivity contribution in [1.82, 2.24) is 19.6 Å². The summed E-state index contributed by atoms with van der Waals surface area (Å²) in [6, 6.07) is 18.0. The second-order valence-electron chi connectivity index (χ2n) is 8.17. The van der Waals surface area contributed by atoms with Crippen LogP contribution in [-0.4, -0.2) is 32.7 Å². The molecular formula is C25H24ClN5O. The maximum absolute atomic E-state index is 13.1. The van der Waals surface area contributed by atoms with Crippen molar-refractivity contribution in [3.8, 4) is 0 Å². The van der Waals surface area contributed by atoms with E-state index in [0.29, 0.717) is 28.6 Å². The quantitative estimate of drug-likeness (QED) is 0.496. The molecule has 0 radical (unpaired) electrons. The van der Waals surface area contributed by atoms with Crippen LogP contribution in [0.1, 0.15) is 35.5 Å². The molecule has 1 saturated heterocycles. The summed E-state index contributed by atoms with van der Waals surface area (Å²) in [7, 11) is 0. The third-order valence-electron chi connectivity index (χ3n) is 5.96. The first-order valence-electron chi connectivity index (χ1n) is 10.8. The Labute approximate surface area is 191 Å². The van der Waals surface area contributed by atoms with Gasteiger partial charge in [-0.15, -0.1) is 5.10 Å². The maximum Gasteiger partial charge on any atom is 0.279 e. The largest absolute Gasteiger partial charge is 0.371 e. The lowest BCUT2D eigenvalue weighted by Gasteiger charge is -2.30. The molecular weight excluding hydrogens is 422 g/mol. The van der Waals surface area contributed by atoms with Crippen molar-refractivity contribution < 1.29 is 0 Å². The first kappa shape index (κ1) is 20.5.